The van der Waals surface area contributed by atoms with E-state index in [2.05, 4.69) is 0 Å². The average molecular weight is 301 g/mol. The van der Waals surface area contributed by atoms with E-state index in [0.717, 1.165) is 0 Å². The second kappa shape index (κ2) is 7.96. The molecule has 0 radical (unpaired) electrons. The lowest BCUT2D eigenvalue weighted by Gasteiger charge is -2.28. The number of hydrogen-bond donors (Lipinski definition) is 2. The lowest BCUT2D eigenvalue weighted by Crippen LogP contribution is -3.00. The molecule has 2 N–H and O–H groups in total. The normalized spacial score (nSPS) is 16.9. The molecule has 7 nitrogen and oxygen atoms in total. The number of rotatable bonds is 7. The van der Waals surface area contributed by atoms with Crippen LogP contribution in [0, 0.1) is 5.92 Å². The Kier molecular flexibility index (Phi) is 5.90. The van der Waals surface area contributed by atoms with E-state index in [4.69, 9.17) is 19.1 Å². The zero-order valence-corrected chi connectivity index (χ0v) is 11.7. The molecule has 0 aliphatic heterocycles. The van der Waals surface area contributed by atoms with Gasteiger partial charge in [0.2, 0.25) is 0 Å². The van der Waals surface area contributed by atoms with Crippen molar-refractivity contribution in [3.63, 3.8) is 0 Å². The third-order valence-electron chi connectivity index (χ3n) is 1.92. The van der Waals surface area contributed by atoms with Gasteiger partial charge in [-0.25, -0.2) is 0 Å². The third kappa shape index (κ3) is 9.26. The number of carboxylic acid groups (broad SMARTS) is 2. The topological polar surface area (TPSA) is 101 Å². The van der Waals surface area contributed by atoms with E-state index in [1.165, 1.54) is 0 Å². The molecule has 2 atom stereocenters. The molecule has 8 heteroatoms. The van der Waals surface area contributed by atoms with Crippen molar-refractivity contribution in [3.8, 4) is 0 Å². The number of carbonyl (C=O) groups excluding carboxylic acids is 1. The van der Waals surface area contributed by atoms with Gasteiger partial charge in [-0.15, -0.1) is 0 Å². The molecule has 0 heterocycles. The molecule has 0 saturated carbocycles. The summed E-state index contributed by atoms with van der Waals surface area (Å²) in [5.74, 6) is -6.86. The van der Waals surface area contributed by atoms with Gasteiger partial charge in [-0.1, -0.05) is 0 Å². The average Bonchev–Trinajstić information content (AvgIpc) is 2.08. The molecule has 0 aliphatic carbocycles. The van der Waals surface area contributed by atoms with E-state index in [1.54, 1.807) is 21.1 Å². The smallest absolute Gasteiger partial charge is 0.320 e. The highest BCUT2D eigenvalue weighted by Crippen LogP contribution is 2.09. The van der Waals surface area contributed by atoms with Gasteiger partial charge in [0, 0.05) is 4.11 Å². The fraction of sp³-hybridized carbons (Fsp3) is 0.727. The van der Waals surface area contributed by atoms with Crippen molar-refractivity contribution in [1.82, 2.24) is 0 Å². The Morgan fingerprint density at radius 2 is 1.79 bits per heavy atom. The Morgan fingerprint density at radius 3 is 2.11 bits per heavy atom. The summed E-state index contributed by atoms with van der Waals surface area (Å²) in [5.41, 5.74) is 0. The molecule has 0 aromatic rings. The number of carbonyl (C=O) groups is 3. The van der Waals surface area contributed by atoms with Gasteiger partial charge < -0.3 is 31.8 Å². The summed E-state index contributed by atoms with van der Waals surface area (Å²) in [4.78, 5) is 33.4. The van der Waals surface area contributed by atoms with Gasteiger partial charge in [0.05, 0.1) is 27.6 Å². The summed E-state index contributed by atoms with van der Waals surface area (Å²) < 4.78 is 26.2. The number of ether oxygens (including phenoxy) is 1. The van der Waals surface area contributed by atoms with E-state index in [9.17, 15) is 14.4 Å². The highest BCUT2D eigenvalue weighted by Gasteiger charge is 2.29. The first kappa shape index (κ1) is 14.1. The van der Waals surface area contributed by atoms with Gasteiger partial charge in [0.15, 0.2) is 12.0 Å². The molecule has 0 aliphatic rings. The van der Waals surface area contributed by atoms with Crippen LogP contribution in [0.5, 0.6) is 0 Å². The van der Waals surface area contributed by atoms with Gasteiger partial charge in [0.25, 0.3) is 0 Å². The number of halogens is 1. The molecular weight excluding hydrogens is 278 g/mol. The number of hydrogen-bond acceptors (Lipinski definition) is 4. The largest absolute Gasteiger partial charge is 1.00 e. The highest BCUT2D eigenvalue weighted by molar-refractivity contribution is 5.93. The van der Waals surface area contributed by atoms with Crippen LogP contribution in [0.15, 0.2) is 0 Å². The van der Waals surface area contributed by atoms with Crippen LogP contribution in [0.4, 0.5) is 0 Å². The number of carboxylic acids is 2. The number of esters is 1. The number of likely N-dealkylation sites (N-methyl/N-ethyl adjacent to an activating group) is 1. The SMILES string of the molecule is [2H]C([2H])([2H])C(C(=O)O)C(=O)OC(CC(=O)O)C[N+](C)(C)C.[Cl-]. The van der Waals surface area contributed by atoms with Crippen molar-refractivity contribution < 1.29 is 50.3 Å². The fourth-order valence-corrected chi connectivity index (χ4v) is 1.28. The predicted octanol–water partition coefficient (Wildman–Crippen LogP) is -3.20. The molecule has 112 valence electrons. The standard InChI is InChI=1S/C11H19NO6.ClH/c1-7(10(15)16)11(17)18-8(5-9(13)14)6-12(2,3)4;/h7-8H,5-6H2,1-4H3,(H-,13,14,15,16);1H/i1D3;. The Morgan fingerprint density at radius 1 is 1.26 bits per heavy atom. The van der Waals surface area contributed by atoms with Crippen LogP contribution in [0.1, 0.15) is 17.4 Å². The van der Waals surface area contributed by atoms with Crippen molar-refractivity contribution in [2.45, 2.75) is 19.4 Å². The molecule has 0 amide bonds. The van der Waals surface area contributed by atoms with Gasteiger partial charge in [-0.2, -0.15) is 0 Å². The van der Waals surface area contributed by atoms with Crippen LogP contribution < -0.4 is 12.4 Å². The summed E-state index contributed by atoms with van der Waals surface area (Å²) in [5, 5.41) is 17.6. The molecule has 19 heavy (non-hydrogen) atoms. The maximum absolute atomic E-state index is 11.7. The van der Waals surface area contributed by atoms with Crippen LogP contribution in [0.2, 0.25) is 0 Å². The van der Waals surface area contributed by atoms with E-state index in [0.29, 0.717) is 0 Å². The van der Waals surface area contributed by atoms with Crippen molar-refractivity contribution in [1.29, 1.82) is 0 Å². The maximum Gasteiger partial charge on any atom is 0.320 e. The van der Waals surface area contributed by atoms with Crippen molar-refractivity contribution in [2.75, 3.05) is 27.7 Å². The summed E-state index contributed by atoms with van der Waals surface area (Å²) >= 11 is 0. The summed E-state index contributed by atoms with van der Waals surface area (Å²) in [6.45, 7) is -2.96. The Bertz CT molecular complexity index is 421. The van der Waals surface area contributed by atoms with E-state index >= 15 is 0 Å². The molecule has 0 bridgehead atoms. The monoisotopic (exact) mass is 300 g/mol. The lowest BCUT2D eigenvalue weighted by molar-refractivity contribution is -0.873. The quantitative estimate of drug-likeness (QED) is 0.292. The Hall–Kier alpha value is -1.34. The maximum atomic E-state index is 11.7. The third-order valence-corrected chi connectivity index (χ3v) is 1.92. The van der Waals surface area contributed by atoms with Crippen LogP contribution in [-0.2, 0) is 19.1 Å². The Balaban J connectivity index is 0. The molecule has 2 unspecified atom stereocenters. The van der Waals surface area contributed by atoms with Crippen molar-refractivity contribution >= 4 is 17.9 Å². The summed E-state index contributed by atoms with van der Waals surface area (Å²) in [6.07, 6.45) is -1.64. The van der Waals surface area contributed by atoms with Gasteiger partial charge in [-0.3, -0.25) is 14.4 Å². The number of nitrogens with zero attached hydrogens (tertiary/aromatic N) is 1. The second-order valence-electron chi connectivity index (χ2n) is 4.90. The fourth-order valence-electron chi connectivity index (χ4n) is 1.28. The van der Waals surface area contributed by atoms with E-state index < -0.39 is 43.2 Å². The number of quaternary nitrogens is 1. The zero-order chi connectivity index (χ0) is 17.0. The van der Waals surface area contributed by atoms with E-state index in [1.807, 2.05) is 0 Å². The first-order valence-electron chi connectivity index (χ1n) is 6.69. The van der Waals surface area contributed by atoms with Crippen molar-refractivity contribution in [2.24, 2.45) is 5.92 Å². The predicted molar refractivity (Wildman–Crippen MR) is 61.8 cm³/mol. The van der Waals surface area contributed by atoms with Crippen LogP contribution in [0.3, 0.4) is 0 Å². The van der Waals surface area contributed by atoms with Gasteiger partial charge in [-0.05, 0) is 6.85 Å². The Labute approximate surface area is 122 Å². The molecule has 0 aromatic carbocycles. The minimum absolute atomic E-state index is 0. The van der Waals surface area contributed by atoms with Gasteiger partial charge >= 0.3 is 17.9 Å². The lowest BCUT2D eigenvalue weighted by atomic mass is 10.2. The molecule has 0 rings (SSSR count). The van der Waals surface area contributed by atoms with Crippen molar-refractivity contribution in [3.05, 3.63) is 0 Å². The minimum atomic E-state index is -3.06. The number of aliphatic carboxylic acids is 2. The van der Waals surface area contributed by atoms with Crippen LogP contribution in [-0.4, -0.2) is 66.4 Å². The summed E-state index contributed by atoms with van der Waals surface area (Å²) in [6, 6.07) is 0. The first-order chi connectivity index (χ1) is 9.24. The van der Waals surface area contributed by atoms with Crippen LogP contribution >= 0.6 is 0 Å². The molecule has 0 aromatic heterocycles. The second-order valence-corrected chi connectivity index (χ2v) is 4.90. The molecule has 0 fully saturated rings. The highest BCUT2D eigenvalue weighted by atomic mass is 35.5. The van der Waals surface area contributed by atoms with E-state index in [-0.39, 0.29) is 23.4 Å². The van der Waals surface area contributed by atoms with Crippen LogP contribution in [0.25, 0.3) is 0 Å². The van der Waals surface area contributed by atoms with Gasteiger partial charge in [0.1, 0.15) is 6.54 Å². The zero-order valence-electron chi connectivity index (χ0n) is 13.9. The first-order valence-corrected chi connectivity index (χ1v) is 5.19. The molecule has 0 saturated heterocycles. The minimum Gasteiger partial charge on any atom is -1.00 e. The summed E-state index contributed by atoms with van der Waals surface area (Å²) in [7, 11) is 5.17. The molecule has 0 spiro atoms. The molecular formula is C11H20ClNO6.